The van der Waals surface area contributed by atoms with Gasteiger partial charge < -0.3 is 14.8 Å². The van der Waals surface area contributed by atoms with Gasteiger partial charge in [-0.05, 0) is 60.3 Å². The second kappa shape index (κ2) is 8.37. The van der Waals surface area contributed by atoms with E-state index in [2.05, 4.69) is 10.0 Å². The fourth-order valence-electron chi connectivity index (χ4n) is 2.94. The van der Waals surface area contributed by atoms with Crippen LogP contribution in [0.2, 0.25) is 0 Å². The van der Waals surface area contributed by atoms with Crippen LogP contribution in [0.5, 0.6) is 11.5 Å². The first-order valence-electron chi connectivity index (χ1n) is 9.26. The van der Waals surface area contributed by atoms with Gasteiger partial charge in [0, 0.05) is 22.2 Å². The fraction of sp³-hybridized carbons (Fsp3) is 0.190. The summed E-state index contributed by atoms with van der Waals surface area (Å²) in [7, 11) is -3.81. The molecular formula is C21H20N2O5S2. The van der Waals surface area contributed by atoms with Crippen LogP contribution in [-0.4, -0.2) is 27.5 Å². The molecule has 4 rings (SSSR count). The number of nitrogens with one attached hydrogen (secondary N) is 2. The van der Waals surface area contributed by atoms with Crippen molar-refractivity contribution in [1.29, 1.82) is 0 Å². The Morgan fingerprint density at radius 1 is 1.03 bits per heavy atom. The number of amides is 1. The maximum absolute atomic E-state index is 12.7. The van der Waals surface area contributed by atoms with Gasteiger partial charge in [0.1, 0.15) is 13.2 Å². The maximum atomic E-state index is 12.7. The lowest BCUT2D eigenvalue weighted by atomic mass is 10.2. The second-order valence-electron chi connectivity index (χ2n) is 6.70. The van der Waals surface area contributed by atoms with Crippen LogP contribution in [0.4, 0.5) is 5.69 Å². The summed E-state index contributed by atoms with van der Waals surface area (Å²) in [6.07, 6.45) is 0. The first-order chi connectivity index (χ1) is 14.4. The van der Waals surface area contributed by atoms with E-state index in [1.807, 2.05) is 18.4 Å². The van der Waals surface area contributed by atoms with Crippen LogP contribution in [0.1, 0.15) is 20.8 Å². The third-order valence-corrected chi connectivity index (χ3v) is 7.00. The van der Waals surface area contributed by atoms with Gasteiger partial charge in [-0.25, -0.2) is 8.42 Å². The van der Waals surface area contributed by atoms with Crippen molar-refractivity contribution in [3.05, 3.63) is 69.9 Å². The Hall–Kier alpha value is -3.04. The van der Waals surface area contributed by atoms with Crippen LogP contribution in [-0.2, 0) is 16.6 Å². The summed E-state index contributed by atoms with van der Waals surface area (Å²) in [5, 5.41) is 4.86. The predicted octanol–water partition coefficient (Wildman–Crippen LogP) is 3.56. The Balaban J connectivity index is 1.42. The molecule has 1 aliphatic heterocycles. The monoisotopic (exact) mass is 444 g/mol. The summed E-state index contributed by atoms with van der Waals surface area (Å²) in [6, 6.07) is 12.8. The minimum atomic E-state index is -3.81. The van der Waals surface area contributed by atoms with Crippen LogP contribution in [0.15, 0.2) is 58.8 Å². The van der Waals surface area contributed by atoms with E-state index in [0.717, 1.165) is 10.4 Å². The number of sulfonamides is 1. The average Bonchev–Trinajstić information content (AvgIpc) is 3.16. The lowest BCUT2D eigenvalue weighted by molar-refractivity contribution is 0.0951. The molecule has 0 atom stereocenters. The highest BCUT2D eigenvalue weighted by Gasteiger charge is 2.19. The topological polar surface area (TPSA) is 93.7 Å². The zero-order chi connectivity index (χ0) is 21.1. The first-order valence-corrected chi connectivity index (χ1v) is 11.6. The molecule has 0 spiro atoms. The van der Waals surface area contributed by atoms with Crippen molar-refractivity contribution in [2.24, 2.45) is 0 Å². The lowest BCUT2D eigenvalue weighted by Crippen LogP contribution is -2.22. The molecule has 2 N–H and O–H groups in total. The number of rotatable bonds is 6. The van der Waals surface area contributed by atoms with Gasteiger partial charge >= 0.3 is 0 Å². The largest absolute Gasteiger partial charge is 0.486 e. The number of thiophene rings is 1. The van der Waals surface area contributed by atoms with Gasteiger partial charge in [-0.2, -0.15) is 0 Å². The van der Waals surface area contributed by atoms with Crippen molar-refractivity contribution in [1.82, 2.24) is 5.32 Å². The molecule has 0 aliphatic carbocycles. The normalized spacial score (nSPS) is 13.0. The number of carbonyl (C=O) groups is 1. The Bertz CT molecular complexity index is 1170. The summed E-state index contributed by atoms with van der Waals surface area (Å²) in [4.78, 5) is 13.5. The minimum Gasteiger partial charge on any atom is -0.486 e. The molecule has 0 saturated heterocycles. The second-order valence-corrected chi connectivity index (χ2v) is 9.38. The van der Waals surface area contributed by atoms with E-state index in [0.29, 0.717) is 42.5 Å². The number of anilines is 1. The number of hydrogen-bond donors (Lipinski definition) is 2. The molecular weight excluding hydrogens is 424 g/mol. The molecule has 1 aliphatic rings. The zero-order valence-electron chi connectivity index (χ0n) is 16.2. The van der Waals surface area contributed by atoms with Crippen LogP contribution in [0.25, 0.3) is 0 Å². The summed E-state index contributed by atoms with van der Waals surface area (Å²) >= 11 is 1.59. The van der Waals surface area contributed by atoms with Crippen LogP contribution < -0.4 is 19.5 Å². The minimum absolute atomic E-state index is 0.0693. The van der Waals surface area contributed by atoms with Gasteiger partial charge in [-0.15, -0.1) is 11.3 Å². The van der Waals surface area contributed by atoms with E-state index in [4.69, 9.17) is 9.47 Å². The Morgan fingerprint density at radius 2 is 1.77 bits per heavy atom. The predicted molar refractivity (Wildman–Crippen MR) is 115 cm³/mol. The zero-order valence-corrected chi connectivity index (χ0v) is 17.8. The molecule has 0 radical (unpaired) electrons. The van der Waals surface area contributed by atoms with E-state index in [1.54, 1.807) is 41.7 Å². The van der Waals surface area contributed by atoms with Crippen molar-refractivity contribution < 1.29 is 22.7 Å². The third-order valence-electron chi connectivity index (χ3n) is 4.60. The molecule has 1 amide bonds. The van der Waals surface area contributed by atoms with Crippen molar-refractivity contribution in [2.75, 3.05) is 17.9 Å². The smallest absolute Gasteiger partial charge is 0.262 e. The van der Waals surface area contributed by atoms with Gasteiger partial charge in [0.15, 0.2) is 11.5 Å². The Morgan fingerprint density at radius 3 is 2.47 bits per heavy atom. The van der Waals surface area contributed by atoms with E-state index in [1.165, 1.54) is 12.1 Å². The Kier molecular flexibility index (Phi) is 5.65. The molecule has 9 heteroatoms. The number of benzene rings is 2. The van der Waals surface area contributed by atoms with Gasteiger partial charge in [0.25, 0.3) is 15.9 Å². The Labute approximate surface area is 178 Å². The van der Waals surface area contributed by atoms with Crippen molar-refractivity contribution in [2.45, 2.75) is 18.4 Å². The molecule has 0 unspecified atom stereocenters. The van der Waals surface area contributed by atoms with Gasteiger partial charge in [0.2, 0.25) is 0 Å². The van der Waals surface area contributed by atoms with Crippen molar-refractivity contribution in [3.63, 3.8) is 0 Å². The SMILES string of the molecule is Cc1ccsc1CNC(=O)c1ccc(NS(=O)(=O)c2ccc3c(c2)OCCO3)cc1. The van der Waals surface area contributed by atoms with E-state index >= 15 is 0 Å². The van der Waals surface area contributed by atoms with Crippen LogP contribution >= 0.6 is 11.3 Å². The summed E-state index contributed by atoms with van der Waals surface area (Å²) in [6.45, 7) is 3.27. The highest BCUT2D eigenvalue weighted by atomic mass is 32.2. The number of ether oxygens (including phenoxy) is 2. The molecule has 0 bridgehead atoms. The van der Waals surface area contributed by atoms with Crippen LogP contribution in [0.3, 0.4) is 0 Å². The molecule has 0 fully saturated rings. The van der Waals surface area contributed by atoms with E-state index in [-0.39, 0.29) is 10.8 Å². The first kappa shape index (κ1) is 20.2. The number of carbonyl (C=O) groups excluding carboxylic acids is 1. The van der Waals surface area contributed by atoms with E-state index in [9.17, 15) is 13.2 Å². The van der Waals surface area contributed by atoms with Crippen LogP contribution in [0, 0.1) is 6.92 Å². The van der Waals surface area contributed by atoms with E-state index < -0.39 is 10.0 Å². The van der Waals surface area contributed by atoms with Crippen molar-refractivity contribution in [3.8, 4) is 11.5 Å². The summed E-state index contributed by atoms with van der Waals surface area (Å²) < 4.78 is 38.8. The molecule has 2 heterocycles. The highest BCUT2D eigenvalue weighted by molar-refractivity contribution is 7.92. The quantitative estimate of drug-likeness (QED) is 0.606. The number of fused-ring (bicyclic) bond motifs is 1. The highest BCUT2D eigenvalue weighted by Crippen LogP contribution is 2.32. The summed E-state index contributed by atoms with van der Waals surface area (Å²) in [5.41, 5.74) is 1.95. The molecule has 3 aromatic rings. The molecule has 30 heavy (non-hydrogen) atoms. The van der Waals surface area contributed by atoms with Gasteiger partial charge in [-0.3, -0.25) is 9.52 Å². The lowest BCUT2D eigenvalue weighted by Gasteiger charge is -2.19. The molecule has 0 saturated carbocycles. The molecule has 156 valence electrons. The number of hydrogen-bond acceptors (Lipinski definition) is 6. The maximum Gasteiger partial charge on any atom is 0.262 e. The fourth-order valence-corrected chi connectivity index (χ4v) is 4.86. The third kappa shape index (κ3) is 4.42. The summed E-state index contributed by atoms with van der Waals surface area (Å²) in [5.74, 6) is 0.703. The number of aryl methyl sites for hydroxylation is 1. The van der Waals surface area contributed by atoms with Gasteiger partial charge in [0.05, 0.1) is 11.4 Å². The molecule has 7 nitrogen and oxygen atoms in total. The van der Waals surface area contributed by atoms with Gasteiger partial charge in [-0.1, -0.05) is 0 Å². The molecule has 1 aromatic heterocycles. The molecule has 2 aromatic carbocycles. The van der Waals surface area contributed by atoms with Crippen molar-refractivity contribution >= 4 is 33.0 Å². The standard InChI is InChI=1S/C21H20N2O5S2/c1-14-8-11-29-20(14)13-22-21(24)15-2-4-16(5-3-15)23-30(25,26)17-6-7-18-19(12-17)28-10-9-27-18/h2-8,11-12,23H,9-10,13H2,1H3,(H,22,24). The average molecular weight is 445 g/mol.